The van der Waals surface area contributed by atoms with Crippen LogP contribution in [0.2, 0.25) is 0 Å². The summed E-state index contributed by atoms with van der Waals surface area (Å²) in [4.78, 5) is 30.7. The SMILES string of the molecule is CN(C(=O)COC(=O)c1ccccc1CSC1=NCCS1)c1ccccc1. The molecule has 2 aromatic carbocycles. The highest BCUT2D eigenvalue weighted by Crippen LogP contribution is 2.26. The first-order chi connectivity index (χ1) is 13.1. The van der Waals surface area contributed by atoms with Gasteiger partial charge in [-0.3, -0.25) is 9.79 Å². The Balaban J connectivity index is 1.58. The maximum absolute atomic E-state index is 12.5. The third kappa shape index (κ3) is 5.37. The first kappa shape index (κ1) is 19.5. The van der Waals surface area contributed by atoms with Crippen LogP contribution in [0, 0.1) is 0 Å². The van der Waals surface area contributed by atoms with Crippen molar-refractivity contribution in [1.82, 2.24) is 0 Å². The lowest BCUT2D eigenvalue weighted by molar-refractivity contribution is -0.121. The van der Waals surface area contributed by atoms with Gasteiger partial charge < -0.3 is 9.64 Å². The molecular weight excluding hydrogens is 380 g/mol. The molecular formula is C20H20N2O3S2. The molecule has 140 valence electrons. The first-order valence-corrected chi connectivity index (χ1v) is 10.5. The largest absolute Gasteiger partial charge is 0.452 e. The molecule has 2 aromatic rings. The van der Waals surface area contributed by atoms with Gasteiger partial charge in [-0.25, -0.2) is 4.79 Å². The van der Waals surface area contributed by atoms with E-state index in [-0.39, 0.29) is 12.5 Å². The number of anilines is 1. The highest BCUT2D eigenvalue weighted by Gasteiger charge is 2.17. The fraction of sp³-hybridized carbons (Fsp3) is 0.250. The minimum atomic E-state index is -0.484. The topological polar surface area (TPSA) is 59.0 Å². The van der Waals surface area contributed by atoms with Crippen molar-refractivity contribution in [2.24, 2.45) is 4.99 Å². The molecule has 0 bridgehead atoms. The Morgan fingerprint density at radius 3 is 2.63 bits per heavy atom. The molecule has 0 saturated carbocycles. The van der Waals surface area contributed by atoms with Gasteiger partial charge in [0.05, 0.1) is 12.1 Å². The van der Waals surface area contributed by atoms with Gasteiger partial charge in [0.2, 0.25) is 0 Å². The first-order valence-electron chi connectivity index (χ1n) is 8.52. The van der Waals surface area contributed by atoms with E-state index >= 15 is 0 Å². The summed E-state index contributed by atoms with van der Waals surface area (Å²) in [5.74, 6) is 0.901. The van der Waals surface area contributed by atoms with Crippen LogP contribution in [-0.2, 0) is 15.3 Å². The summed E-state index contributed by atoms with van der Waals surface area (Å²) in [6.45, 7) is 0.558. The minimum Gasteiger partial charge on any atom is -0.452 e. The van der Waals surface area contributed by atoms with Crippen LogP contribution >= 0.6 is 23.5 Å². The molecule has 0 atom stereocenters. The number of ether oxygens (including phenoxy) is 1. The van der Waals surface area contributed by atoms with Gasteiger partial charge in [-0.05, 0) is 23.8 Å². The monoisotopic (exact) mass is 400 g/mol. The van der Waals surface area contributed by atoms with E-state index in [1.54, 1.807) is 42.7 Å². The molecule has 0 unspecified atom stereocenters. The Morgan fingerprint density at radius 1 is 1.15 bits per heavy atom. The fourth-order valence-electron chi connectivity index (χ4n) is 2.49. The number of hydrogen-bond acceptors (Lipinski definition) is 6. The fourth-order valence-corrected chi connectivity index (χ4v) is 4.50. The van der Waals surface area contributed by atoms with Crippen molar-refractivity contribution in [2.75, 3.05) is 30.9 Å². The molecule has 0 fully saturated rings. The van der Waals surface area contributed by atoms with Crippen LogP contribution in [0.15, 0.2) is 59.6 Å². The molecule has 1 aliphatic heterocycles. The van der Waals surface area contributed by atoms with Crippen molar-refractivity contribution in [3.63, 3.8) is 0 Å². The van der Waals surface area contributed by atoms with Crippen molar-refractivity contribution in [3.8, 4) is 0 Å². The van der Waals surface area contributed by atoms with Crippen molar-refractivity contribution >= 4 is 45.5 Å². The van der Waals surface area contributed by atoms with E-state index in [0.29, 0.717) is 11.3 Å². The number of carbonyl (C=O) groups is 2. The van der Waals surface area contributed by atoms with E-state index in [0.717, 1.165) is 27.9 Å². The Morgan fingerprint density at radius 2 is 1.89 bits per heavy atom. The number of amides is 1. The summed E-state index contributed by atoms with van der Waals surface area (Å²) < 4.78 is 6.32. The van der Waals surface area contributed by atoms with Gasteiger partial charge in [0.1, 0.15) is 4.38 Å². The van der Waals surface area contributed by atoms with Gasteiger partial charge in [0.25, 0.3) is 5.91 Å². The zero-order valence-electron chi connectivity index (χ0n) is 15.0. The van der Waals surface area contributed by atoms with Crippen LogP contribution in [0.25, 0.3) is 0 Å². The average Bonchev–Trinajstić information content (AvgIpc) is 3.24. The number of benzene rings is 2. The van der Waals surface area contributed by atoms with Crippen molar-refractivity contribution in [1.29, 1.82) is 0 Å². The second-order valence-corrected chi connectivity index (χ2v) is 8.11. The zero-order valence-corrected chi connectivity index (χ0v) is 16.6. The molecule has 1 amide bonds. The molecule has 3 rings (SSSR count). The Hall–Kier alpha value is -2.25. The van der Waals surface area contributed by atoms with Crippen LogP contribution in [-0.4, -0.2) is 42.2 Å². The van der Waals surface area contributed by atoms with E-state index in [1.165, 1.54) is 4.90 Å². The number of carbonyl (C=O) groups excluding carboxylic acids is 2. The smallest absolute Gasteiger partial charge is 0.338 e. The number of nitrogens with zero attached hydrogens (tertiary/aromatic N) is 2. The molecule has 0 aliphatic carbocycles. The highest BCUT2D eigenvalue weighted by atomic mass is 32.2. The van der Waals surface area contributed by atoms with Gasteiger partial charge in [0, 0.05) is 24.2 Å². The third-order valence-electron chi connectivity index (χ3n) is 3.99. The number of likely N-dealkylation sites (N-methyl/N-ethyl adjacent to an activating group) is 1. The van der Waals surface area contributed by atoms with E-state index in [9.17, 15) is 9.59 Å². The Bertz CT molecular complexity index is 840. The summed E-state index contributed by atoms with van der Waals surface area (Å²) in [7, 11) is 1.66. The number of aliphatic imine (C=N–C) groups is 1. The van der Waals surface area contributed by atoms with Crippen molar-refractivity contribution in [2.45, 2.75) is 5.75 Å². The number of para-hydroxylation sites is 1. The van der Waals surface area contributed by atoms with Crippen molar-refractivity contribution < 1.29 is 14.3 Å². The number of hydrogen-bond donors (Lipinski definition) is 0. The lowest BCUT2D eigenvalue weighted by Gasteiger charge is -2.17. The maximum Gasteiger partial charge on any atom is 0.338 e. The Labute approximate surface area is 167 Å². The molecule has 0 spiro atoms. The predicted molar refractivity (Wildman–Crippen MR) is 113 cm³/mol. The third-order valence-corrected chi connectivity index (χ3v) is 6.29. The molecule has 5 nitrogen and oxygen atoms in total. The summed E-state index contributed by atoms with van der Waals surface area (Å²) in [6.07, 6.45) is 0. The minimum absolute atomic E-state index is 0.280. The van der Waals surface area contributed by atoms with E-state index in [1.807, 2.05) is 42.5 Å². The second-order valence-electron chi connectivity index (χ2n) is 5.81. The van der Waals surface area contributed by atoms with E-state index in [4.69, 9.17) is 4.74 Å². The summed E-state index contributed by atoms with van der Waals surface area (Å²) in [5, 5.41) is 0. The summed E-state index contributed by atoms with van der Waals surface area (Å²) in [5.41, 5.74) is 2.13. The molecule has 27 heavy (non-hydrogen) atoms. The average molecular weight is 401 g/mol. The van der Waals surface area contributed by atoms with Gasteiger partial charge >= 0.3 is 5.97 Å². The maximum atomic E-state index is 12.5. The van der Waals surface area contributed by atoms with Gasteiger partial charge in [-0.1, -0.05) is 59.9 Å². The van der Waals surface area contributed by atoms with E-state index in [2.05, 4.69) is 4.99 Å². The number of rotatable bonds is 6. The molecule has 0 aromatic heterocycles. The molecule has 0 radical (unpaired) electrons. The van der Waals surface area contributed by atoms with Crippen LogP contribution in [0.1, 0.15) is 15.9 Å². The highest BCUT2D eigenvalue weighted by molar-refractivity contribution is 8.38. The Kier molecular flexibility index (Phi) is 6.95. The van der Waals surface area contributed by atoms with Crippen LogP contribution < -0.4 is 4.90 Å². The molecule has 1 aliphatic rings. The van der Waals surface area contributed by atoms with Crippen molar-refractivity contribution in [3.05, 3.63) is 65.7 Å². The lowest BCUT2D eigenvalue weighted by Crippen LogP contribution is -2.31. The predicted octanol–water partition coefficient (Wildman–Crippen LogP) is 3.84. The number of thioether (sulfide) groups is 2. The second kappa shape index (κ2) is 9.62. The summed E-state index contributed by atoms with van der Waals surface area (Å²) in [6, 6.07) is 16.6. The molecule has 1 heterocycles. The lowest BCUT2D eigenvalue weighted by atomic mass is 10.1. The normalized spacial score (nSPS) is 13.1. The number of esters is 1. The standard InChI is InChI=1S/C20H20N2O3S2/c1-22(16-8-3-2-4-9-16)18(23)13-25-19(24)17-10-6-5-7-15(17)14-27-20-21-11-12-26-20/h2-10H,11-14H2,1H3. The van der Waals surface area contributed by atoms with E-state index < -0.39 is 5.97 Å². The van der Waals surface area contributed by atoms with Gasteiger partial charge in [-0.15, -0.1) is 0 Å². The summed E-state index contributed by atoms with van der Waals surface area (Å²) >= 11 is 3.36. The van der Waals surface area contributed by atoms with Gasteiger partial charge in [0.15, 0.2) is 6.61 Å². The molecule has 7 heteroatoms. The van der Waals surface area contributed by atoms with Crippen LogP contribution in [0.3, 0.4) is 0 Å². The molecule has 0 saturated heterocycles. The van der Waals surface area contributed by atoms with Crippen LogP contribution in [0.4, 0.5) is 5.69 Å². The van der Waals surface area contributed by atoms with Gasteiger partial charge in [-0.2, -0.15) is 0 Å². The molecule has 0 N–H and O–H groups in total. The zero-order chi connectivity index (χ0) is 19.1. The van der Waals surface area contributed by atoms with Crippen LogP contribution in [0.5, 0.6) is 0 Å². The quantitative estimate of drug-likeness (QED) is 0.690.